The molecule has 3 N–H and O–H groups in total. The molecule has 3 amide bonds. The molecular formula is C25H30N4O5. The van der Waals surface area contributed by atoms with Gasteiger partial charge in [-0.15, -0.1) is 0 Å². The summed E-state index contributed by atoms with van der Waals surface area (Å²) >= 11 is 0. The first kappa shape index (κ1) is 26.2. The first-order valence-electron chi connectivity index (χ1n) is 10.7. The zero-order chi connectivity index (χ0) is 25.5. The predicted molar refractivity (Wildman–Crippen MR) is 127 cm³/mol. The molecule has 0 aliphatic heterocycles. The summed E-state index contributed by atoms with van der Waals surface area (Å²) < 4.78 is 5.15. The zero-order valence-corrected chi connectivity index (χ0v) is 20.0. The molecule has 0 bridgehead atoms. The molecule has 9 heteroatoms. The van der Waals surface area contributed by atoms with Gasteiger partial charge in [0.2, 0.25) is 5.91 Å². The summed E-state index contributed by atoms with van der Waals surface area (Å²) in [5, 5.41) is 24.5. The number of carbonyl (C=O) groups excluding carboxylic acids is 3. The third kappa shape index (κ3) is 7.24. The smallest absolute Gasteiger partial charge is 0.408 e. The molecule has 0 spiro atoms. The number of aromatic hydroxyl groups is 1. The predicted octanol–water partition coefficient (Wildman–Crippen LogP) is 3.57. The Balaban J connectivity index is 2.38. The number of rotatable bonds is 7. The molecule has 0 aliphatic rings. The monoisotopic (exact) mass is 466 g/mol. The van der Waals surface area contributed by atoms with Crippen molar-refractivity contribution in [3.63, 3.8) is 0 Å². The molecule has 1 unspecified atom stereocenters. The van der Waals surface area contributed by atoms with Crippen LogP contribution in [0.25, 0.3) is 0 Å². The van der Waals surface area contributed by atoms with Crippen LogP contribution in [0.4, 0.5) is 10.5 Å². The van der Waals surface area contributed by atoms with Crippen molar-refractivity contribution in [1.82, 2.24) is 10.2 Å². The second-order valence-corrected chi connectivity index (χ2v) is 8.79. The van der Waals surface area contributed by atoms with Crippen molar-refractivity contribution >= 4 is 23.6 Å². The number of amides is 3. The van der Waals surface area contributed by atoms with E-state index in [1.165, 1.54) is 12.1 Å². The Morgan fingerprint density at radius 1 is 1.12 bits per heavy atom. The highest BCUT2D eigenvalue weighted by molar-refractivity contribution is 5.99. The van der Waals surface area contributed by atoms with E-state index >= 15 is 0 Å². The number of alkyl carbamates (subject to hydrolysis) is 1. The van der Waals surface area contributed by atoms with Crippen molar-refractivity contribution in [3.8, 4) is 11.8 Å². The van der Waals surface area contributed by atoms with Gasteiger partial charge in [-0.25, -0.2) is 4.79 Å². The Kier molecular flexibility index (Phi) is 8.62. The molecule has 1 atom stereocenters. The molecule has 0 aromatic heterocycles. The number of phenols is 1. The normalized spacial score (nSPS) is 11.6. The fourth-order valence-corrected chi connectivity index (χ4v) is 3.20. The number of hydrogen-bond donors (Lipinski definition) is 3. The van der Waals surface area contributed by atoms with E-state index in [4.69, 9.17) is 4.74 Å². The maximum absolute atomic E-state index is 13.4. The van der Waals surface area contributed by atoms with Gasteiger partial charge in [-0.3, -0.25) is 9.59 Å². The number of anilines is 1. The van der Waals surface area contributed by atoms with Gasteiger partial charge in [-0.05, 0) is 69.5 Å². The highest BCUT2D eigenvalue weighted by atomic mass is 16.6. The van der Waals surface area contributed by atoms with E-state index < -0.39 is 42.6 Å². The quantitative estimate of drug-likeness (QED) is 0.535. The highest BCUT2D eigenvalue weighted by Crippen LogP contribution is 2.28. The molecule has 2 aromatic carbocycles. The van der Waals surface area contributed by atoms with Crippen LogP contribution < -0.4 is 10.6 Å². The van der Waals surface area contributed by atoms with E-state index in [0.29, 0.717) is 16.8 Å². The van der Waals surface area contributed by atoms with E-state index in [1.807, 2.05) is 25.1 Å². The average Bonchev–Trinajstić information content (AvgIpc) is 2.74. The van der Waals surface area contributed by atoms with Gasteiger partial charge >= 0.3 is 6.09 Å². The molecule has 34 heavy (non-hydrogen) atoms. The minimum Gasteiger partial charge on any atom is -0.508 e. The lowest BCUT2D eigenvalue weighted by molar-refractivity contribution is -0.137. The summed E-state index contributed by atoms with van der Waals surface area (Å²) in [5.41, 5.74) is 1.54. The number of nitriles is 1. The zero-order valence-electron chi connectivity index (χ0n) is 20.0. The van der Waals surface area contributed by atoms with Crippen molar-refractivity contribution < 1.29 is 24.2 Å². The summed E-state index contributed by atoms with van der Waals surface area (Å²) in [6.45, 7) is 7.69. The largest absolute Gasteiger partial charge is 0.508 e. The molecule has 0 aliphatic carbocycles. The van der Waals surface area contributed by atoms with Gasteiger partial charge in [0.1, 0.15) is 30.5 Å². The highest BCUT2D eigenvalue weighted by Gasteiger charge is 2.32. The Hall–Kier alpha value is -4.06. The van der Waals surface area contributed by atoms with E-state index in [9.17, 15) is 24.8 Å². The van der Waals surface area contributed by atoms with Crippen LogP contribution in [-0.4, -0.2) is 46.6 Å². The van der Waals surface area contributed by atoms with Crippen molar-refractivity contribution in [2.75, 3.05) is 18.4 Å². The van der Waals surface area contributed by atoms with E-state index in [1.54, 1.807) is 45.9 Å². The molecule has 0 fully saturated rings. The van der Waals surface area contributed by atoms with Gasteiger partial charge in [0.15, 0.2) is 0 Å². The lowest BCUT2D eigenvalue weighted by Crippen LogP contribution is -2.46. The topological polar surface area (TPSA) is 132 Å². The number of phenolic OH excluding ortho intramolecular Hbond substituents is 1. The summed E-state index contributed by atoms with van der Waals surface area (Å²) in [6, 6.07) is 12.4. The molecule has 0 radical (unpaired) electrons. The maximum Gasteiger partial charge on any atom is 0.408 e. The Labute approximate surface area is 199 Å². The Morgan fingerprint density at radius 3 is 2.38 bits per heavy atom. The molecule has 180 valence electrons. The van der Waals surface area contributed by atoms with Crippen LogP contribution in [0.3, 0.4) is 0 Å². The summed E-state index contributed by atoms with van der Waals surface area (Å²) in [4.78, 5) is 39.6. The number of ether oxygens (including phenoxy) is 1. The second-order valence-electron chi connectivity index (χ2n) is 8.79. The molecule has 0 saturated heterocycles. The lowest BCUT2D eigenvalue weighted by atomic mass is 10.0. The number of aryl methyl sites for hydroxylation is 2. The summed E-state index contributed by atoms with van der Waals surface area (Å²) in [7, 11) is 0. The average molecular weight is 467 g/mol. The number of carbonyl (C=O) groups is 3. The number of nitrogens with zero attached hydrogens (tertiary/aromatic N) is 2. The molecule has 0 heterocycles. The van der Waals surface area contributed by atoms with E-state index in [2.05, 4.69) is 10.6 Å². The third-order valence-electron chi connectivity index (χ3n) is 4.84. The van der Waals surface area contributed by atoms with Crippen LogP contribution in [0.15, 0.2) is 42.5 Å². The van der Waals surface area contributed by atoms with Gasteiger partial charge in [0.25, 0.3) is 5.91 Å². The van der Waals surface area contributed by atoms with Crippen molar-refractivity contribution in [2.24, 2.45) is 0 Å². The SMILES string of the molecule is Cc1cc(C(C(=O)Nc2ccccc2C)N(CC#N)C(=O)CNC(=O)OC(C)(C)C)ccc1O. The van der Waals surface area contributed by atoms with Crippen LogP contribution in [-0.2, 0) is 14.3 Å². The van der Waals surface area contributed by atoms with Gasteiger partial charge in [-0.1, -0.05) is 24.3 Å². The Bertz CT molecular complexity index is 1100. The summed E-state index contributed by atoms with van der Waals surface area (Å²) in [5.74, 6) is -1.16. The molecule has 0 saturated carbocycles. The molecule has 2 rings (SSSR count). The minimum absolute atomic E-state index is 0.0339. The van der Waals surface area contributed by atoms with Crippen LogP contribution in [0, 0.1) is 25.2 Å². The molecule has 9 nitrogen and oxygen atoms in total. The standard InChI is InChI=1S/C25H30N4O5/c1-16-8-6-7-9-19(16)28-23(32)22(18-10-11-20(30)17(2)14-18)29(13-12-26)21(31)15-27-24(33)34-25(3,4)5/h6-11,14,22,30H,13,15H2,1-5H3,(H,27,33)(H,28,32). The number of hydrogen-bond acceptors (Lipinski definition) is 6. The fourth-order valence-electron chi connectivity index (χ4n) is 3.20. The van der Waals surface area contributed by atoms with Crippen LogP contribution in [0.1, 0.15) is 43.5 Å². The molecular weight excluding hydrogens is 436 g/mol. The van der Waals surface area contributed by atoms with Crippen molar-refractivity contribution in [2.45, 2.75) is 46.3 Å². The van der Waals surface area contributed by atoms with Crippen molar-refractivity contribution in [1.29, 1.82) is 5.26 Å². The van der Waals surface area contributed by atoms with Gasteiger partial charge in [-0.2, -0.15) is 5.26 Å². The third-order valence-corrected chi connectivity index (χ3v) is 4.84. The van der Waals surface area contributed by atoms with Crippen molar-refractivity contribution in [3.05, 3.63) is 59.2 Å². The number of nitrogens with one attached hydrogen (secondary N) is 2. The van der Waals surface area contributed by atoms with Gasteiger partial charge in [0.05, 0.1) is 6.07 Å². The van der Waals surface area contributed by atoms with E-state index in [0.717, 1.165) is 10.5 Å². The lowest BCUT2D eigenvalue weighted by Gasteiger charge is -2.30. The van der Waals surface area contributed by atoms with Crippen LogP contribution in [0.5, 0.6) is 5.75 Å². The van der Waals surface area contributed by atoms with Crippen LogP contribution >= 0.6 is 0 Å². The fraction of sp³-hybridized carbons (Fsp3) is 0.360. The first-order chi connectivity index (χ1) is 15.9. The Morgan fingerprint density at radius 2 is 1.79 bits per heavy atom. The first-order valence-corrected chi connectivity index (χ1v) is 10.7. The number of benzene rings is 2. The maximum atomic E-state index is 13.4. The second kappa shape index (κ2) is 11.2. The number of para-hydroxylation sites is 1. The molecule has 2 aromatic rings. The van der Waals surface area contributed by atoms with Gasteiger partial charge < -0.3 is 25.4 Å². The summed E-state index contributed by atoms with van der Waals surface area (Å²) in [6.07, 6.45) is -0.792. The van der Waals surface area contributed by atoms with Gasteiger partial charge in [0, 0.05) is 5.69 Å². The minimum atomic E-state index is -1.19. The van der Waals surface area contributed by atoms with Crippen LogP contribution in [0.2, 0.25) is 0 Å². The van der Waals surface area contributed by atoms with E-state index in [-0.39, 0.29) is 5.75 Å².